The largest absolute Gasteiger partial charge is 0.491 e. The maximum absolute atomic E-state index is 13.7. The van der Waals surface area contributed by atoms with Gasteiger partial charge in [0.25, 0.3) is 0 Å². The van der Waals surface area contributed by atoms with Crippen LogP contribution in [0.4, 0.5) is 8.78 Å². The summed E-state index contributed by atoms with van der Waals surface area (Å²) in [4.78, 5) is 4.25. The van der Waals surface area contributed by atoms with Crippen molar-refractivity contribution in [3.05, 3.63) is 65.2 Å². The molecule has 0 heterocycles. The van der Waals surface area contributed by atoms with Gasteiger partial charge in [0.1, 0.15) is 17.4 Å². The van der Waals surface area contributed by atoms with Crippen LogP contribution in [0.15, 0.2) is 47.5 Å². The van der Waals surface area contributed by atoms with E-state index in [1.807, 2.05) is 32.9 Å². The molecule has 0 saturated carbocycles. The molecule has 7 heteroatoms. The number of rotatable bonds is 8. The van der Waals surface area contributed by atoms with Crippen LogP contribution in [0.5, 0.6) is 5.75 Å². The number of nitrogens with zero attached hydrogens (tertiary/aromatic N) is 1. The van der Waals surface area contributed by atoms with Gasteiger partial charge in [0.2, 0.25) is 0 Å². The molecule has 0 amide bonds. The van der Waals surface area contributed by atoms with Crippen molar-refractivity contribution in [3.63, 3.8) is 0 Å². The molecule has 0 fully saturated rings. The summed E-state index contributed by atoms with van der Waals surface area (Å²) in [7, 11) is 0. The Hall–Kier alpha value is -2.67. The lowest BCUT2D eigenvalue weighted by Gasteiger charge is -2.16. The SMILES string of the molecule is CCNC(=NCc1cc(F)ccc1F)NCC(O)c1ccc(OC(C)C)cc1. The number of nitrogens with one attached hydrogen (secondary N) is 2. The molecule has 0 aliphatic rings. The average molecular weight is 391 g/mol. The summed E-state index contributed by atoms with van der Waals surface area (Å²) in [5.74, 6) is 0.130. The number of benzene rings is 2. The molecule has 0 spiro atoms. The van der Waals surface area contributed by atoms with Crippen molar-refractivity contribution in [2.45, 2.75) is 39.5 Å². The molecule has 3 N–H and O–H groups in total. The number of aliphatic hydroxyl groups is 1. The number of hydrogen-bond donors (Lipinski definition) is 3. The van der Waals surface area contributed by atoms with Crippen molar-refractivity contribution in [1.29, 1.82) is 0 Å². The number of hydrogen-bond acceptors (Lipinski definition) is 3. The lowest BCUT2D eigenvalue weighted by Crippen LogP contribution is -2.39. The molecule has 28 heavy (non-hydrogen) atoms. The van der Waals surface area contributed by atoms with Gasteiger partial charge in [-0.2, -0.15) is 0 Å². The summed E-state index contributed by atoms with van der Waals surface area (Å²) >= 11 is 0. The van der Waals surface area contributed by atoms with E-state index in [0.29, 0.717) is 12.5 Å². The van der Waals surface area contributed by atoms with Crippen LogP contribution in [0.1, 0.15) is 38.0 Å². The third-order valence-corrected chi connectivity index (χ3v) is 3.86. The van der Waals surface area contributed by atoms with Crippen LogP contribution in [-0.2, 0) is 6.54 Å². The third-order valence-electron chi connectivity index (χ3n) is 3.86. The predicted octanol–water partition coefficient (Wildman–Crippen LogP) is 3.54. The first kappa shape index (κ1) is 21.6. The Kier molecular flexibility index (Phi) is 8.19. The summed E-state index contributed by atoms with van der Waals surface area (Å²) in [5.41, 5.74) is 0.897. The highest BCUT2D eigenvalue weighted by Crippen LogP contribution is 2.18. The average Bonchev–Trinajstić information content (AvgIpc) is 2.66. The number of ether oxygens (including phenoxy) is 1. The Morgan fingerprint density at radius 2 is 1.82 bits per heavy atom. The van der Waals surface area contributed by atoms with Gasteiger partial charge < -0.3 is 20.5 Å². The first-order valence-corrected chi connectivity index (χ1v) is 9.29. The summed E-state index contributed by atoms with van der Waals surface area (Å²) in [6.45, 7) is 6.57. The lowest BCUT2D eigenvalue weighted by molar-refractivity contribution is 0.180. The molecule has 1 unspecified atom stereocenters. The summed E-state index contributed by atoms with van der Waals surface area (Å²) in [6, 6.07) is 10.5. The van der Waals surface area contributed by atoms with Crippen LogP contribution in [0, 0.1) is 11.6 Å². The van der Waals surface area contributed by atoms with Crippen molar-refractivity contribution < 1.29 is 18.6 Å². The third kappa shape index (κ3) is 6.81. The molecule has 0 aromatic heterocycles. The number of guanidine groups is 1. The molecule has 0 aliphatic heterocycles. The minimum Gasteiger partial charge on any atom is -0.491 e. The zero-order chi connectivity index (χ0) is 20.5. The normalized spacial score (nSPS) is 12.8. The van der Waals surface area contributed by atoms with E-state index >= 15 is 0 Å². The summed E-state index contributed by atoms with van der Waals surface area (Å²) in [5, 5.41) is 16.4. The second-order valence-electron chi connectivity index (χ2n) is 6.56. The molecule has 0 radical (unpaired) electrons. The summed E-state index contributed by atoms with van der Waals surface area (Å²) < 4.78 is 32.6. The molecular formula is C21H27F2N3O2. The maximum Gasteiger partial charge on any atom is 0.191 e. The van der Waals surface area contributed by atoms with E-state index in [1.54, 1.807) is 12.1 Å². The number of aliphatic hydroxyl groups excluding tert-OH is 1. The molecule has 152 valence electrons. The van der Waals surface area contributed by atoms with E-state index in [0.717, 1.165) is 29.5 Å². The molecule has 5 nitrogen and oxygen atoms in total. The van der Waals surface area contributed by atoms with E-state index in [-0.39, 0.29) is 24.8 Å². The molecule has 2 rings (SSSR count). The zero-order valence-corrected chi connectivity index (χ0v) is 16.4. The topological polar surface area (TPSA) is 65.9 Å². The van der Waals surface area contributed by atoms with Gasteiger partial charge in [-0.25, -0.2) is 13.8 Å². The lowest BCUT2D eigenvalue weighted by atomic mass is 10.1. The minimum atomic E-state index is -0.761. The molecule has 2 aromatic rings. The highest BCUT2D eigenvalue weighted by atomic mass is 19.1. The molecule has 0 bridgehead atoms. The van der Waals surface area contributed by atoms with Gasteiger partial charge in [-0.05, 0) is 56.7 Å². The van der Waals surface area contributed by atoms with Crippen molar-refractivity contribution >= 4 is 5.96 Å². The van der Waals surface area contributed by atoms with Crippen LogP contribution in [0.3, 0.4) is 0 Å². The van der Waals surface area contributed by atoms with Gasteiger partial charge in [-0.15, -0.1) is 0 Å². The zero-order valence-electron chi connectivity index (χ0n) is 16.4. The van der Waals surface area contributed by atoms with Crippen molar-refractivity contribution in [2.24, 2.45) is 4.99 Å². The van der Waals surface area contributed by atoms with E-state index in [2.05, 4.69) is 15.6 Å². The van der Waals surface area contributed by atoms with E-state index in [1.165, 1.54) is 0 Å². The Labute approximate surface area is 164 Å². The Morgan fingerprint density at radius 1 is 1.11 bits per heavy atom. The smallest absolute Gasteiger partial charge is 0.191 e. The number of aliphatic imine (C=N–C) groups is 1. The summed E-state index contributed by atoms with van der Waals surface area (Å²) in [6.07, 6.45) is -0.679. The standard InChI is InChI=1S/C21H27F2N3O2/c1-4-24-21(25-12-16-11-17(22)7-10-19(16)23)26-13-20(27)15-5-8-18(9-6-15)28-14(2)3/h5-11,14,20,27H,4,12-13H2,1-3H3,(H2,24,25,26). The van der Waals surface area contributed by atoms with E-state index < -0.39 is 17.7 Å². The fraction of sp³-hybridized carbons (Fsp3) is 0.381. The van der Waals surface area contributed by atoms with Gasteiger partial charge in [0, 0.05) is 18.7 Å². The molecule has 2 aromatic carbocycles. The van der Waals surface area contributed by atoms with E-state index in [9.17, 15) is 13.9 Å². The van der Waals surface area contributed by atoms with Crippen molar-refractivity contribution in [3.8, 4) is 5.75 Å². The first-order chi connectivity index (χ1) is 13.4. The molecule has 0 aliphatic carbocycles. The Morgan fingerprint density at radius 3 is 2.46 bits per heavy atom. The molecule has 1 atom stereocenters. The first-order valence-electron chi connectivity index (χ1n) is 9.29. The highest BCUT2D eigenvalue weighted by Gasteiger charge is 2.10. The van der Waals surface area contributed by atoms with Crippen LogP contribution >= 0.6 is 0 Å². The van der Waals surface area contributed by atoms with Crippen LogP contribution in [-0.4, -0.2) is 30.3 Å². The second-order valence-corrected chi connectivity index (χ2v) is 6.56. The molecular weight excluding hydrogens is 364 g/mol. The van der Waals surface area contributed by atoms with Gasteiger partial charge in [-0.3, -0.25) is 0 Å². The Balaban J connectivity index is 1.97. The van der Waals surface area contributed by atoms with Crippen LogP contribution in [0.25, 0.3) is 0 Å². The minimum absolute atomic E-state index is 0.0176. The maximum atomic E-state index is 13.7. The van der Waals surface area contributed by atoms with Gasteiger partial charge in [0.15, 0.2) is 5.96 Å². The fourth-order valence-electron chi connectivity index (χ4n) is 2.52. The van der Waals surface area contributed by atoms with Gasteiger partial charge in [-0.1, -0.05) is 12.1 Å². The monoisotopic (exact) mass is 391 g/mol. The van der Waals surface area contributed by atoms with E-state index in [4.69, 9.17) is 4.74 Å². The molecule has 0 saturated heterocycles. The predicted molar refractivity (Wildman–Crippen MR) is 106 cm³/mol. The number of halogens is 2. The van der Waals surface area contributed by atoms with Gasteiger partial charge >= 0.3 is 0 Å². The van der Waals surface area contributed by atoms with Gasteiger partial charge in [0.05, 0.1) is 18.8 Å². The van der Waals surface area contributed by atoms with Crippen molar-refractivity contribution in [1.82, 2.24) is 10.6 Å². The highest BCUT2D eigenvalue weighted by molar-refractivity contribution is 5.79. The van der Waals surface area contributed by atoms with Crippen molar-refractivity contribution in [2.75, 3.05) is 13.1 Å². The van der Waals surface area contributed by atoms with Crippen LogP contribution < -0.4 is 15.4 Å². The Bertz CT molecular complexity index is 780. The quantitative estimate of drug-likeness (QED) is 0.476. The second kappa shape index (κ2) is 10.6. The van der Waals surface area contributed by atoms with Crippen LogP contribution in [0.2, 0.25) is 0 Å². The fourth-order valence-corrected chi connectivity index (χ4v) is 2.52.